The van der Waals surface area contributed by atoms with E-state index < -0.39 is 29.0 Å². The Bertz CT molecular complexity index is 796. The summed E-state index contributed by atoms with van der Waals surface area (Å²) in [6.07, 6.45) is -1.31. The fourth-order valence-electron chi connectivity index (χ4n) is 3.00. The van der Waals surface area contributed by atoms with Crippen molar-refractivity contribution < 1.29 is 24.2 Å². The number of imide groups is 1. The van der Waals surface area contributed by atoms with Gasteiger partial charge in [-0.05, 0) is 29.7 Å². The standard InChI is InChI=1S/C20H20BrNO5/c1-26-16-9-7-14(8-10-16)18(23)17(21)19(24)22-15(12-27-20(22)25)11-13-5-3-2-4-6-13/h2-10,15,17-18,23H,11-12H2,1H3/t15-,17-,18-/m0/s1. The first-order valence-electron chi connectivity index (χ1n) is 8.51. The lowest BCUT2D eigenvalue weighted by Crippen LogP contribution is -2.45. The number of benzene rings is 2. The number of alkyl halides is 1. The lowest BCUT2D eigenvalue weighted by atomic mass is 10.0. The first-order chi connectivity index (χ1) is 13.0. The Kier molecular flexibility index (Phi) is 6.13. The molecule has 1 aliphatic heterocycles. The van der Waals surface area contributed by atoms with Crippen LogP contribution in [-0.4, -0.2) is 46.6 Å². The van der Waals surface area contributed by atoms with Crippen LogP contribution in [0.2, 0.25) is 0 Å². The van der Waals surface area contributed by atoms with E-state index in [-0.39, 0.29) is 6.61 Å². The Hall–Kier alpha value is -2.38. The SMILES string of the molecule is COc1ccc([C@H](O)[C@H](Br)C(=O)N2C(=O)OC[C@@H]2Cc2ccccc2)cc1. The molecule has 2 aromatic carbocycles. The van der Waals surface area contributed by atoms with Gasteiger partial charge < -0.3 is 14.6 Å². The number of ether oxygens (including phenoxy) is 2. The molecule has 2 aromatic rings. The number of methoxy groups -OCH3 is 1. The number of carbonyl (C=O) groups excluding carboxylic acids is 2. The van der Waals surface area contributed by atoms with Crippen LogP contribution in [0.15, 0.2) is 54.6 Å². The molecule has 0 radical (unpaired) electrons. The molecule has 7 heteroatoms. The van der Waals surface area contributed by atoms with Crippen molar-refractivity contribution in [2.75, 3.05) is 13.7 Å². The maximum Gasteiger partial charge on any atom is 0.417 e. The van der Waals surface area contributed by atoms with Crippen molar-refractivity contribution in [2.45, 2.75) is 23.4 Å². The van der Waals surface area contributed by atoms with Crippen LogP contribution in [0.5, 0.6) is 5.75 Å². The molecule has 0 aliphatic carbocycles. The molecule has 1 fully saturated rings. The number of carbonyl (C=O) groups is 2. The van der Waals surface area contributed by atoms with Crippen LogP contribution in [0.4, 0.5) is 4.79 Å². The minimum Gasteiger partial charge on any atom is -0.497 e. The van der Waals surface area contributed by atoms with E-state index in [0.29, 0.717) is 17.7 Å². The van der Waals surface area contributed by atoms with Crippen LogP contribution < -0.4 is 4.74 Å². The van der Waals surface area contributed by atoms with Crippen molar-refractivity contribution in [3.8, 4) is 5.75 Å². The van der Waals surface area contributed by atoms with Gasteiger partial charge in [-0.25, -0.2) is 9.69 Å². The minimum atomic E-state index is -1.12. The van der Waals surface area contributed by atoms with Gasteiger partial charge in [0.05, 0.1) is 13.2 Å². The molecule has 3 rings (SSSR count). The van der Waals surface area contributed by atoms with E-state index in [4.69, 9.17) is 9.47 Å². The van der Waals surface area contributed by atoms with Gasteiger partial charge in [-0.1, -0.05) is 58.4 Å². The highest BCUT2D eigenvalue weighted by Gasteiger charge is 2.42. The number of nitrogens with zero attached hydrogens (tertiary/aromatic N) is 1. The largest absolute Gasteiger partial charge is 0.497 e. The zero-order valence-corrected chi connectivity index (χ0v) is 16.3. The van der Waals surface area contributed by atoms with E-state index in [0.717, 1.165) is 10.5 Å². The molecule has 0 bridgehead atoms. The second-order valence-electron chi connectivity index (χ2n) is 6.25. The quantitative estimate of drug-likeness (QED) is 0.708. The van der Waals surface area contributed by atoms with Gasteiger partial charge in [0.2, 0.25) is 5.91 Å². The molecule has 0 aromatic heterocycles. The van der Waals surface area contributed by atoms with Gasteiger partial charge in [-0.2, -0.15) is 0 Å². The first kappa shape index (κ1) is 19.4. The fourth-order valence-corrected chi connectivity index (χ4v) is 3.53. The Morgan fingerprint density at radius 1 is 1.26 bits per heavy atom. The number of aliphatic hydroxyl groups is 1. The Balaban J connectivity index is 1.73. The van der Waals surface area contributed by atoms with E-state index in [1.165, 1.54) is 0 Å². The van der Waals surface area contributed by atoms with E-state index in [9.17, 15) is 14.7 Å². The van der Waals surface area contributed by atoms with E-state index in [1.807, 2.05) is 30.3 Å². The summed E-state index contributed by atoms with van der Waals surface area (Å²) >= 11 is 3.25. The Labute approximate surface area is 165 Å². The van der Waals surface area contributed by atoms with E-state index >= 15 is 0 Å². The van der Waals surface area contributed by atoms with Crippen molar-refractivity contribution >= 4 is 27.9 Å². The van der Waals surface area contributed by atoms with Crippen LogP contribution in [0.1, 0.15) is 17.2 Å². The molecule has 27 heavy (non-hydrogen) atoms. The third-order valence-corrected chi connectivity index (χ3v) is 5.38. The number of aliphatic hydroxyl groups excluding tert-OH is 1. The maximum atomic E-state index is 12.9. The summed E-state index contributed by atoms with van der Waals surface area (Å²) < 4.78 is 10.2. The lowest BCUT2D eigenvalue weighted by molar-refractivity contribution is -0.130. The highest BCUT2D eigenvalue weighted by atomic mass is 79.9. The maximum absolute atomic E-state index is 12.9. The second kappa shape index (κ2) is 8.54. The molecule has 1 heterocycles. The van der Waals surface area contributed by atoms with Crippen LogP contribution in [0.3, 0.4) is 0 Å². The normalized spacial score (nSPS) is 18.7. The number of cyclic esters (lactones) is 1. The number of amides is 2. The molecule has 3 atom stereocenters. The summed E-state index contributed by atoms with van der Waals surface area (Å²) in [7, 11) is 1.55. The van der Waals surface area contributed by atoms with E-state index in [1.54, 1.807) is 31.4 Å². The minimum absolute atomic E-state index is 0.137. The van der Waals surface area contributed by atoms with Gasteiger partial charge >= 0.3 is 6.09 Å². The fraction of sp³-hybridized carbons (Fsp3) is 0.300. The average Bonchev–Trinajstić information content (AvgIpc) is 3.07. The number of hydrogen-bond acceptors (Lipinski definition) is 5. The molecule has 0 unspecified atom stereocenters. The number of rotatable bonds is 6. The highest BCUT2D eigenvalue weighted by molar-refractivity contribution is 9.10. The predicted octanol–water partition coefficient (Wildman–Crippen LogP) is 3.08. The lowest BCUT2D eigenvalue weighted by Gasteiger charge is -2.25. The average molecular weight is 434 g/mol. The molecule has 1 saturated heterocycles. The van der Waals surface area contributed by atoms with Crippen molar-refractivity contribution in [2.24, 2.45) is 0 Å². The second-order valence-corrected chi connectivity index (χ2v) is 7.23. The molecule has 1 aliphatic rings. The van der Waals surface area contributed by atoms with Gasteiger partial charge in [0.25, 0.3) is 0 Å². The molecular weight excluding hydrogens is 414 g/mol. The third-order valence-electron chi connectivity index (χ3n) is 4.48. The van der Waals surface area contributed by atoms with Crippen LogP contribution in [0, 0.1) is 0 Å². The van der Waals surface area contributed by atoms with Gasteiger partial charge in [0, 0.05) is 0 Å². The summed E-state index contributed by atoms with van der Waals surface area (Å²) in [6.45, 7) is 0.137. The van der Waals surface area contributed by atoms with Crippen LogP contribution in [0.25, 0.3) is 0 Å². The molecule has 6 nitrogen and oxygen atoms in total. The summed E-state index contributed by atoms with van der Waals surface area (Å²) in [5.41, 5.74) is 1.54. The van der Waals surface area contributed by atoms with Crippen LogP contribution >= 0.6 is 15.9 Å². The topological polar surface area (TPSA) is 76.1 Å². The zero-order valence-electron chi connectivity index (χ0n) is 14.7. The van der Waals surface area contributed by atoms with Crippen LogP contribution in [-0.2, 0) is 16.0 Å². The summed E-state index contributed by atoms with van der Waals surface area (Å²) in [5.74, 6) is 0.121. The number of halogens is 1. The predicted molar refractivity (Wildman–Crippen MR) is 103 cm³/mol. The highest BCUT2D eigenvalue weighted by Crippen LogP contribution is 2.28. The molecular formula is C20H20BrNO5. The first-order valence-corrected chi connectivity index (χ1v) is 9.42. The monoisotopic (exact) mass is 433 g/mol. The summed E-state index contributed by atoms with van der Waals surface area (Å²) in [5, 5.41) is 10.6. The Morgan fingerprint density at radius 3 is 2.56 bits per heavy atom. The van der Waals surface area contributed by atoms with Gasteiger partial charge in [-0.3, -0.25) is 4.79 Å². The van der Waals surface area contributed by atoms with Crippen molar-refractivity contribution in [3.63, 3.8) is 0 Å². The van der Waals surface area contributed by atoms with Crippen molar-refractivity contribution in [1.29, 1.82) is 0 Å². The van der Waals surface area contributed by atoms with Gasteiger partial charge in [0.15, 0.2) is 0 Å². The summed E-state index contributed by atoms with van der Waals surface area (Å²) in [4.78, 5) is 25.1. The smallest absolute Gasteiger partial charge is 0.417 e. The molecule has 1 N–H and O–H groups in total. The summed E-state index contributed by atoms with van der Waals surface area (Å²) in [6, 6.07) is 15.9. The van der Waals surface area contributed by atoms with E-state index in [2.05, 4.69) is 15.9 Å². The van der Waals surface area contributed by atoms with Gasteiger partial charge in [-0.15, -0.1) is 0 Å². The molecule has 2 amide bonds. The van der Waals surface area contributed by atoms with Crippen molar-refractivity contribution in [3.05, 3.63) is 65.7 Å². The molecule has 0 saturated carbocycles. The van der Waals surface area contributed by atoms with Crippen molar-refractivity contribution in [1.82, 2.24) is 4.90 Å². The Morgan fingerprint density at radius 2 is 1.93 bits per heavy atom. The molecule has 0 spiro atoms. The third kappa shape index (κ3) is 4.31. The number of hydrogen-bond donors (Lipinski definition) is 1. The zero-order chi connectivity index (χ0) is 19.4. The van der Waals surface area contributed by atoms with Gasteiger partial charge in [0.1, 0.15) is 23.3 Å². The molecule has 142 valence electrons.